The summed E-state index contributed by atoms with van der Waals surface area (Å²) in [7, 11) is 0. The number of nitrogens with two attached hydrogens (primary N) is 1. The van der Waals surface area contributed by atoms with Gasteiger partial charge in [-0.2, -0.15) is 0 Å². The van der Waals surface area contributed by atoms with E-state index in [0.29, 0.717) is 23.5 Å². The van der Waals surface area contributed by atoms with Crippen molar-refractivity contribution < 1.29 is 4.79 Å². The molecule has 1 saturated heterocycles. The van der Waals surface area contributed by atoms with E-state index in [-0.39, 0.29) is 5.91 Å². The minimum absolute atomic E-state index is 0.0571. The number of nitrogens with one attached hydrogen (secondary N) is 1. The van der Waals surface area contributed by atoms with Crippen LogP contribution in [0.25, 0.3) is 0 Å². The summed E-state index contributed by atoms with van der Waals surface area (Å²) in [5, 5.41) is 4.39. The van der Waals surface area contributed by atoms with E-state index in [1.165, 1.54) is 32.1 Å². The van der Waals surface area contributed by atoms with E-state index in [2.05, 4.69) is 5.32 Å². The Balaban J connectivity index is 1.41. The maximum absolute atomic E-state index is 12.4. The van der Waals surface area contributed by atoms with E-state index in [4.69, 9.17) is 17.3 Å². The highest BCUT2D eigenvalue weighted by atomic mass is 35.5. The van der Waals surface area contributed by atoms with E-state index in [0.717, 1.165) is 18.7 Å². The van der Waals surface area contributed by atoms with E-state index in [9.17, 15) is 4.79 Å². The van der Waals surface area contributed by atoms with Crippen LogP contribution in [0.4, 0.5) is 0 Å². The molecule has 1 unspecified atom stereocenters. The van der Waals surface area contributed by atoms with Crippen LogP contribution in [0.3, 0.4) is 0 Å². The van der Waals surface area contributed by atoms with Gasteiger partial charge in [0.1, 0.15) is 0 Å². The van der Waals surface area contributed by atoms with Crippen molar-refractivity contribution in [3.05, 3.63) is 34.9 Å². The molecular weight excluding hydrogens is 310 g/mol. The van der Waals surface area contributed by atoms with Gasteiger partial charge in [-0.25, -0.2) is 0 Å². The van der Waals surface area contributed by atoms with Gasteiger partial charge in [0, 0.05) is 30.2 Å². The molecule has 1 saturated carbocycles. The van der Waals surface area contributed by atoms with Crippen molar-refractivity contribution in [3.63, 3.8) is 0 Å². The number of amides is 1. The van der Waals surface area contributed by atoms with E-state index < -0.39 is 6.04 Å². The molecule has 1 aliphatic heterocycles. The molecule has 0 aromatic heterocycles. The molecular formula is C18H26ClN3O. The highest BCUT2D eigenvalue weighted by Crippen LogP contribution is 2.20. The average Bonchev–Trinajstić information content (AvgIpc) is 2.53. The molecule has 126 valence electrons. The number of rotatable bonds is 5. The Bertz CT molecular complexity index is 522. The Kier molecular flexibility index (Phi) is 5.57. The summed E-state index contributed by atoms with van der Waals surface area (Å²) in [6.45, 7) is 1.59. The van der Waals surface area contributed by atoms with Crippen LogP contribution >= 0.6 is 11.6 Å². The molecule has 1 atom stereocenters. The maximum atomic E-state index is 12.4. The summed E-state index contributed by atoms with van der Waals surface area (Å²) in [4.78, 5) is 14.3. The lowest BCUT2D eigenvalue weighted by molar-refractivity contribution is -0.137. The van der Waals surface area contributed by atoms with Gasteiger partial charge in [-0.15, -0.1) is 0 Å². The normalized spacial score (nSPS) is 21.0. The fourth-order valence-corrected chi connectivity index (χ4v) is 3.69. The Morgan fingerprint density at radius 1 is 1.17 bits per heavy atom. The molecule has 3 rings (SSSR count). The second-order valence-electron chi connectivity index (χ2n) is 6.88. The number of carbonyl (C=O) groups excluding carboxylic acids is 1. The molecule has 1 aliphatic carbocycles. The van der Waals surface area contributed by atoms with Crippen molar-refractivity contribution in [2.24, 2.45) is 5.73 Å². The molecule has 4 nitrogen and oxygen atoms in total. The first-order chi connectivity index (χ1) is 11.1. The molecule has 1 heterocycles. The molecule has 2 aliphatic rings. The van der Waals surface area contributed by atoms with Gasteiger partial charge in [-0.3, -0.25) is 4.79 Å². The Hall–Kier alpha value is -1.10. The average molecular weight is 336 g/mol. The summed E-state index contributed by atoms with van der Waals surface area (Å²) >= 11 is 5.88. The van der Waals surface area contributed by atoms with Crippen LogP contribution in [0.2, 0.25) is 5.02 Å². The van der Waals surface area contributed by atoms with Crippen molar-refractivity contribution in [3.8, 4) is 0 Å². The Labute approximate surface area is 143 Å². The number of carbonyl (C=O) groups is 1. The predicted molar refractivity (Wildman–Crippen MR) is 93.5 cm³/mol. The third-order valence-corrected chi connectivity index (χ3v) is 5.21. The summed E-state index contributed by atoms with van der Waals surface area (Å²) in [5.41, 5.74) is 7.13. The van der Waals surface area contributed by atoms with Crippen molar-refractivity contribution >= 4 is 17.5 Å². The van der Waals surface area contributed by atoms with Crippen molar-refractivity contribution in [2.75, 3.05) is 13.1 Å². The lowest BCUT2D eigenvalue weighted by atomic mass is 9.93. The number of halogens is 1. The topological polar surface area (TPSA) is 58.4 Å². The second kappa shape index (κ2) is 7.65. The largest absolute Gasteiger partial charge is 0.338 e. The molecule has 0 bridgehead atoms. The van der Waals surface area contributed by atoms with E-state index in [1.54, 1.807) is 0 Å². The Morgan fingerprint density at radius 2 is 1.83 bits per heavy atom. The quantitative estimate of drug-likeness (QED) is 0.868. The van der Waals surface area contributed by atoms with Crippen LogP contribution in [0.1, 0.15) is 37.7 Å². The van der Waals surface area contributed by atoms with Gasteiger partial charge in [0.15, 0.2) is 0 Å². The molecule has 1 amide bonds. The third-order valence-electron chi connectivity index (χ3n) is 4.96. The SMILES string of the molecule is NC(Cc1ccc(Cl)cc1)C(=O)N1CC(NC2CCCCC2)C1. The lowest BCUT2D eigenvalue weighted by Gasteiger charge is -2.43. The van der Waals surface area contributed by atoms with Gasteiger partial charge in [0.05, 0.1) is 6.04 Å². The van der Waals surface area contributed by atoms with Crippen LogP contribution in [0, 0.1) is 0 Å². The first-order valence-electron chi connectivity index (χ1n) is 8.66. The number of benzene rings is 1. The molecule has 1 aromatic rings. The minimum Gasteiger partial charge on any atom is -0.338 e. The lowest BCUT2D eigenvalue weighted by Crippen LogP contribution is -2.64. The van der Waals surface area contributed by atoms with Gasteiger partial charge < -0.3 is 16.0 Å². The zero-order valence-electron chi connectivity index (χ0n) is 13.5. The fourth-order valence-electron chi connectivity index (χ4n) is 3.56. The molecule has 3 N–H and O–H groups in total. The molecule has 0 radical (unpaired) electrons. The van der Waals surface area contributed by atoms with Gasteiger partial charge in [0.2, 0.25) is 5.91 Å². The van der Waals surface area contributed by atoms with Crippen molar-refractivity contribution in [1.29, 1.82) is 0 Å². The fraction of sp³-hybridized carbons (Fsp3) is 0.611. The minimum atomic E-state index is -0.466. The second-order valence-corrected chi connectivity index (χ2v) is 7.32. The number of hydrogen-bond donors (Lipinski definition) is 2. The van der Waals surface area contributed by atoms with Crippen LogP contribution in [0.15, 0.2) is 24.3 Å². The van der Waals surface area contributed by atoms with Crippen molar-refractivity contribution in [1.82, 2.24) is 10.2 Å². The van der Waals surface area contributed by atoms with Crippen molar-refractivity contribution in [2.45, 2.75) is 56.7 Å². The van der Waals surface area contributed by atoms with E-state index >= 15 is 0 Å². The smallest absolute Gasteiger partial charge is 0.239 e. The molecule has 23 heavy (non-hydrogen) atoms. The first-order valence-corrected chi connectivity index (χ1v) is 9.04. The molecule has 0 spiro atoms. The monoisotopic (exact) mass is 335 g/mol. The van der Waals surface area contributed by atoms with Crippen LogP contribution in [-0.2, 0) is 11.2 Å². The zero-order valence-corrected chi connectivity index (χ0v) is 14.3. The molecule has 1 aromatic carbocycles. The number of nitrogens with zero attached hydrogens (tertiary/aromatic N) is 1. The third kappa shape index (κ3) is 4.46. The zero-order chi connectivity index (χ0) is 16.2. The summed E-state index contributed by atoms with van der Waals surface area (Å²) in [5.74, 6) is 0.0571. The summed E-state index contributed by atoms with van der Waals surface area (Å²) in [6, 6.07) is 8.16. The Morgan fingerprint density at radius 3 is 2.48 bits per heavy atom. The maximum Gasteiger partial charge on any atom is 0.239 e. The van der Waals surface area contributed by atoms with Crippen LogP contribution < -0.4 is 11.1 Å². The van der Waals surface area contributed by atoms with Crippen LogP contribution in [-0.4, -0.2) is 42.0 Å². The number of hydrogen-bond acceptors (Lipinski definition) is 3. The highest BCUT2D eigenvalue weighted by Gasteiger charge is 2.34. The summed E-state index contributed by atoms with van der Waals surface area (Å²) in [6.07, 6.45) is 7.15. The highest BCUT2D eigenvalue weighted by molar-refractivity contribution is 6.30. The number of likely N-dealkylation sites (tertiary alicyclic amines) is 1. The first kappa shape index (κ1) is 16.7. The van der Waals surface area contributed by atoms with Crippen LogP contribution in [0.5, 0.6) is 0 Å². The van der Waals surface area contributed by atoms with Gasteiger partial charge in [0.25, 0.3) is 0 Å². The van der Waals surface area contributed by atoms with E-state index in [1.807, 2.05) is 29.2 Å². The summed E-state index contributed by atoms with van der Waals surface area (Å²) < 4.78 is 0. The van der Waals surface area contributed by atoms with Gasteiger partial charge in [-0.1, -0.05) is 43.0 Å². The molecule has 5 heteroatoms. The standard InChI is InChI=1S/C18H26ClN3O/c19-14-8-6-13(7-9-14)10-17(20)18(23)22-11-16(12-22)21-15-4-2-1-3-5-15/h6-9,15-17,21H,1-5,10-12,20H2. The van der Waals surface area contributed by atoms with Gasteiger partial charge >= 0.3 is 0 Å². The van der Waals surface area contributed by atoms with Gasteiger partial charge in [-0.05, 0) is 37.0 Å². The predicted octanol–water partition coefficient (Wildman–Crippen LogP) is 2.34. The molecule has 2 fully saturated rings.